The van der Waals surface area contributed by atoms with E-state index in [9.17, 15) is 13.5 Å². The number of hydrogen-bond acceptors (Lipinski definition) is 3. The summed E-state index contributed by atoms with van der Waals surface area (Å²) in [4.78, 5) is 0. The maximum absolute atomic E-state index is 11.7. The van der Waals surface area contributed by atoms with E-state index in [-0.39, 0.29) is 18.2 Å². The van der Waals surface area contributed by atoms with E-state index in [2.05, 4.69) is 0 Å². The maximum atomic E-state index is 11.7. The molecule has 2 atom stereocenters. The smallest absolute Gasteiger partial charge is 0.214 e. The molecule has 1 saturated heterocycles. The number of alkyl halides is 1. The molecule has 0 aromatic heterocycles. The lowest BCUT2D eigenvalue weighted by Gasteiger charge is -2.17. The fourth-order valence-corrected chi connectivity index (χ4v) is 3.54. The van der Waals surface area contributed by atoms with Gasteiger partial charge in [-0.1, -0.05) is 6.92 Å². The first-order valence-electron chi connectivity index (χ1n) is 4.67. The van der Waals surface area contributed by atoms with E-state index in [1.807, 2.05) is 0 Å². The zero-order valence-corrected chi connectivity index (χ0v) is 9.76. The average Bonchev–Trinajstić information content (AvgIpc) is 2.51. The fraction of sp³-hybridized carbons (Fsp3) is 1.00. The standard InChI is InChI=1S/C8H16ClNO3S/c1-7(4-9)6-14(12,13)10-3-2-8(11)5-10/h7-8,11H,2-6H2,1H3/t7?,8-/m0/s1. The van der Waals surface area contributed by atoms with Crippen molar-refractivity contribution in [2.24, 2.45) is 5.92 Å². The van der Waals surface area contributed by atoms with Gasteiger partial charge >= 0.3 is 0 Å². The molecule has 1 N–H and O–H groups in total. The highest BCUT2D eigenvalue weighted by Crippen LogP contribution is 2.16. The van der Waals surface area contributed by atoms with Crippen molar-refractivity contribution in [1.29, 1.82) is 0 Å². The molecular formula is C8H16ClNO3S. The van der Waals surface area contributed by atoms with Crippen LogP contribution >= 0.6 is 11.6 Å². The molecule has 14 heavy (non-hydrogen) atoms. The Morgan fingerprint density at radius 3 is 2.71 bits per heavy atom. The Balaban J connectivity index is 2.57. The Kier molecular flexibility index (Phi) is 4.18. The third kappa shape index (κ3) is 3.08. The molecule has 1 aliphatic rings. The minimum Gasteiger partial charge on any atom is -0.392 e. The van der Waals surface area contributed by atoms with E-state index in [1.54, 1.807) is 6.92 Å². The minimum atomic E-state index is -3.22. The molecule has 0 radical (unpaired) electrons. The molecule has 0 bridgehead atoms. The normalized spacial score (nSPS) is 26.6. The molecule has 0 spiro atoms. The molecule has 1 rings (SSSR count). The Labute approximate surface area is 89.9 Å². The van der Waals surface area contributed by atoms with Crippen molar-refractivity contribution in [1.82, 2.24) is 4.31 Å². The summed E-state index contributed by atoms with van der Waals surface area (Å²) < 4.78 is 24.8. The van der Waals surface area contributed by atoms with Crippen LogP contribution in [0, 0.1) is 5.92 Å². The number of β-amino-alcohol motifs (C(OH)–C–C–N with tert-alkyl or cyclic N) is 1. The molecular weight excluding hydrogens is 226 g/mol. The third-order valence-corrected chi connectivity index (χ3v) is 4.91. The molecule has 0 aromatic rings. The van der Waals surface area contributed by atoms with Crippen molar-refractivity contribution in [3.05, 3.63) is 0 Å². The van der Waals surface area contributed by atoms with E-state index < -0.39 is 16.1 Å². The number of hydrogen-bond donors (Lipinski definition) is 1. The van der Waals surface area contributed by atoms with Crippen molar-refractivity contribution < 1.29 is 13.5 Å². The summed E-state index contributed by atoms with van der Waals surface area (Å²) in [5.41, 5.74) is 0. The van der Waals surface area contributed by atoms with Crippen LogP contribution in [0.4, 0.5) is 0 Å². The second-order valence-electron chi connectivity index (χ2n) is 3.84. The SMILES string of the molecule is CC(CCl)CS(=O)(=O)N1CC[C@H](O)C1. The number of aliphatic hydroxyl groups excluding tert-OH is 1. The Bertz CT molecular complexity index is 280. The van der Waals surface area contributed by atoms with Crippen molar-refractivity contribution in [3.8, 4) is 0 Å². The Morgan fingerprint density at radius 2 is 2.29 bits per heavy atom. The van der Waals surface area contributed by atoms with Gasteiger partial charge in [-0.05, 0) is 12.3 Å². The summed E-state index contributed by atoms with van der Waals surface area (Å²) in [7, 11) is -3.22. The first-order valence-corrected chi connectivity index (χ1v) is 6.82. The van der Waals surface area contributed by atoms with Gasteiger partial charge in [0.2, 0.25) is 10.0 Å². The molecule has 6 heteroatoms. The van der Waals surface area contributed by atoms with Crippen molar-refractivity contribution in [3.63, 3.8) is 0 Å². The summed E-state index contributed by atoms with van der Waals surface area (Å²) in [6.45, 7) is 2.47. The van der Waals surface area contributed by atoms with E-state index >= 15 is 0 Å². The van der Waals surface area contributed by atoms with E-state index in [1.165, 1.54) is 4.31 Å². The van der Waals surface area contributed by atoms with Crippen LogP contribution in [0.15, 0.2) is 0 Å². The summed E-state index contributed by atoms with van der Waals surface area (Å²) in [5.74, 6) is 0.373. The fourth-order valence-electron chi connectivity index (χ4n) is 1.47. The van der Waals surface area contributed by atoms with Crippen LogP contribution < -0.4 is 0 Å². The topological polar surface area (TPSA) is 57.6 Å². The third-order valence-electron chi connectivity index (χ3n) is 2.28. The van der Waals surface area contributed by atoms with Gasteiger partial charge in [0.05, 0.1) is 11.9 Å². The maximum Gasteiger partial charge on any atom is 0.214 e. The predicted molar refractivity (Wildman–Crippen MR) is 55.9 cm³/mol. The van der Waals surface area contributed by atoms with Gasteiger partial charge < -0.3 is 5.11 Å². The Hall–Kier alpha value is 0.160. The summed E-state index contributed by atoms with van der Waals surface area (Å²) in [6, 6.07) is 0. The van der Waals surface area contributed by atoms with Crippen LogP contribution in [0.25, 0.3) is 0 Å². The number of rotatable bonds is 4. The van der Waals surface area contributed by atoms with Crippen LogP contribution in [0.3, 0.4) is 0 Å². The van der Waals surface area contributed by atoms with Crippen molar-refractivity contribution in [2.45, 2.75) is 19.4 Å². The molecule has 1 heterocycles. The first kappa shape index (κ1) is 12.2. The number of halogens is 1. The predicted octanol–water partition coefficient (Wildman–Crippen LogP) is 0.258. The molecule has 1 aliphatic heterocycles. The van der Waals surface area contributed by atoms with Crippen molar-refractivity contribution >= 4 is 21.6 Å². The summed E-state index contributed by atoms with van der Waals surface area (Å²) >= 11 is 5.56. The number of nitrogens with zero attached hydrogens (tertiary/aromatic N) is 1. The van der Waals surface area contributed by atoms with Crippen LogP contribution in [0.1, 0.15) is 13.3 Å². The lowest BCUT2D eigenvalue weighted by Crippen LogP contribution is -2.34. The van der Waals surface area contributed by atoms with E-state index in [4.69, 9.17) is 11.6 Å². The van der Waals surface area contributed by atoms with Gasteiger partial charge in [-0.3, -0.25) is 0 Å². The molecule has 0 saturated carbocycles. The molecule has 0 aliphatic carbocycles. The van der Waals surface area contributed by atoms with E-state index in [0.717, 1.165) is 0 Å². The minimum absolute atomic E-state index is 0.0422. The van der Waals surface area contributed by atoms with Crippen LogP contribution in [-0.4, -0.2) is 48.7 Å². The van der Waals surface area contributed by atoms with Gasteiger partial charge in [0.15, 0.2) is 0 Å². The van der Waals surface area contributed by atoms with Gasteiger partial charge in [0.1, 0.15) is 0 Å². The average molecular weight is 242 g/mol. The molecule has 0 amide bonds. The summed E-state index contributed by atoms with van der Waals surface area (Å²) in [6.07, 6.45) is 0.0326. The van der Waals surface area contributed by atoms with Gasteiger partial charge in [-0.25, -0.2) is 8.42 Å². The highest BCUT2D eigenvalue weighted by Gasteiger charge is 2.30. The second kappa shape index (κ2) is 4.79. The Morgan fingerprint density at radius 1 is 1.64 bits per heavy atom. The second-order valence-corrected chi connectivity index (χ2v) is 6.16. The quantitative estimate of drug-likeness (QED) is 0.719. The largest absolute Gasteiger partial charge is 0.392 e. The number of aliphatic hydroxyl groups is 1. The molecule has 0 aromatic carbocycles. The van der Waals surface area contributed by atoms with Gasteiger partial charge in [0.25, 0.3) is 0 Å². The van der Waals surface area contributed by atoms with Gasteiger partial charge in [0, 0.05) is 19.0 Å². The molecule has 84 valence electrons. The van der Waals surface area contributed by atoms with Crippen LogP contribution in [0.5, 0.6) is 0 Å². The highest BCUT2D eigenvalue weighted by atomic mass is 35.5. The zero-order chi connectivity index (χ0) is 10.8. The molecule has 1 fully saturated rings. The summed E-state index contributed by atoms with van der Waals surface area (Å²) in [5, 5.41) is 9.22. The number of sulfonamides is 1. The van der Waals surface area contributed by atoms with Crippen LogP contribution in [-0.2, 0) is 10.0 Å². The van der Waals surface area contributed by atoms with Crippen molar-refractivity contribution in [2.75, 3.05) is 24.7 Å². The first-order chi connectivity index (χ1) is 6.45. The van der Waals surface area contributed by atoms with Gasteiger partial charge in [-0.15, -0.1) is 11.6 Å². The lowest BCUT2D eigenvalue weighted by atomic mass is 10.3. The molecule has 1 unspecified atom stereocenters. The zero-order valence-electron chi connectivity index (χ0n) is 8.19. The van der Waals surface area contributed by atoms with E-state index in [0.29, 0.717) is 18.8 Å². The lowest BCUT2D eigenvalue weighted by molar-refractivity contribution is 0.189. The highest BCUT2D eigenvalue weighted by molar-refractivity contribution is 7.89. The molecule has 4 nitrogen and oxygen atoms in total. The van der Waals surface area contributed by atoms with Crippen LogP contribution in [0.2, 0.25) is 0 Å². The monoisotopic (exact) mass is 241 g/mol. The van der Waals surface area contributed by atoms with Gasteiger partial charge in [-0.2, -0.15) is 4.31 Å².